The van der Waals surface area contributed by atoms with Crippen LogP contribution in [0.2, 0.25) is 5.02 Å². The standard InChI is InChI=1S/C14H19ClO4/c1-8(2)13-9(5-6-12(16)17)10(15)7-11(18-3)14(13)19-4/h7-8H,5-6H2,1-4H3,(H,16,17). The Morgan fingerprint density at radius 3 is 2.42 bits per heavy atom. The summed E-state index contributed by atoms with van der Waals surface area (Å²) in [6, 6.07) is 1.67. The third kappa shape index (κ3) is 3.53. The van der Waals surface area contributed by atoms with E-state index in [1.165, 1.54) is 0 Å². The number of hydrogen-bond acceptors (Lipinski definition) is 3. The molecule has 1 N–H and O–H groups in total. The number of carboxylic acid groups (broad SMARTS) is 1. The molecule has 1 aromatic carbocycles. The topological polar surface area (TPSA) is 55.8 Å². The minimum absolute atomic E-state index is 0.0366. The molecular weight excluding hydrogens is 268 g/mol. The van der Waals surface area contributed by atoms with Crippen molar-refractivity contribution in [3.05, 3.63) is 22.2 Å². The minimum Gasteiger partial charge on any atom is -0.493 e. The lowest BCUT2D eigenvalue weighted by Crippen LogP contribution is -2.06. The Balaban J connectivity index is 3.38. The van der Waals surface area contributed by atoms with Gasteiger partial charge in [-0.3, -0.25) is 4.79 Å². The van der Waals surface area contributed by atoms with Crippen LogP contribution in [0.25, 0.3) is 0 Å². The van der Waals surface area contributed by atoms with Gasteiger partial charge in [0.05, 0.1) is 14.2 Å². The molecule has 0 radical (unpaired) electrons. The van der Waals surface area contributed by atoms with Crippen molar-refractivity contribution in [1.82, 2.24) is 0 Å². The van der Waals surface area contributed by atoms with Crippen molar-refractivity contribution >= 4 is 17.6 Å². The maximum atomic E-state index is 10.7. The highest BCUT2D eigenvalue weighted by molar-refractivity contribution is 6.31. The molecule has 19 heavy (non-hydrogen) atoms. The average molecular weight is 287 g/mol. The zero-order valence-corrected chi connectivity index (χ0v) is 12.4. The summed E-state index contributed by atoms with van der Waals surface area (Å²) in [5.74, 6) is 0.504. The number of aliphatic carboxylic acids is 1. The van der Waals surface area contributed by atoms with Gasteiger partial charge in [0.25, 0.3) is 0 Å². The third-order valence-corrected chi connectivity index (χ3v) is 3.27. The molecule has 0 bridgehead atoms. The number of carboxylic acids is 1. The summed E-state index contributed by atoms with van der Waals surface area (Å²) in [7, 11) is 3.12. The van der Waals surface area contributed by atoms with Gasteiger partial charge in [0.2, 0.25) is 0 Å². The first-order valence-electron chi connectivity index (χ1n) is 6.07. The van der Waals surface area contributed by atoms with Crippen molar-refractivity contribution in [1.29, 1.82) is 0 Å². The monoisotopic (exact) mass is 286 g/mol. The van der Waals surface area contributed by atoms with Crippen LogP contribution in [-0.4, -0.2) is 25.3 Å². The predicted molar refractivity (Wildman–Crippen MR) is 74.6 cm³/mol. The summed E-state index contributed by atoms with van der Waals surface area (Å²) in [6.45, 7) is 4.02. The van der Waals surface area contributed by atoms with Crippen LogP contribution >= 0.6 is 11.6 Å². The van der Waals surface area contributed by atoms with E-state index in [4.69, 9.17) is 26.2 Å². The van der Waals surface area contributed by atoms with Crippen molar-refractivity contribution in [2.75, 3.05) is 14.2 Å². The summed E-state index contributed by atoms with van der Waals surface area (Å²) in [5.41, 5.74) is 1.73. The minimum atomic E-state index is -0.847. The zero-order valence-electron chi connectivity index (χ0n) is 11.6. The molecule has 0 aromatic heterocycles. The molecule has 0 amide bonds. The normalized spacial score (nSPS) is 10.6. The molecule has 1 rings (SSSR count). The lowest BCUT2D eigenvalue weighted by Gasteiger charge is -2.20. The highest BCUT2D eigenvalue weighted by Crippen LogP contribution is 2.42. The number of hydrogen-bond donors (Lipinski definition) is 1. The molecule has 0 saturated heterocycles. The van der Waals surface area contributed by atoms with E-state index >= 15 is 0 Å². The van der Waals surface area contributed by atoms with Gasteiger partial charge in [-0.2, -0.15) is 0 Å². The van der Waals surface area contributed by atoms with Crippen LogP contribution in [-0.2, 0) is 11.2 Å². The fourth-order valence-electron chi connectivity index (χ4n) is 2.13. The van der Waals surface area contributed by atoms with Gasteiger partial charge in [-0.1, -0.05) is 25.4 Å². The Bertz CT molecular complexity index is 469. The van der Waals surface area contributed by atoms with Crippen LogP contribution in [0.4, 0.5) is 0 Å². The molecule has 0 fully saturated rings. The smallest absolute Gasteiger partial charge is 0.303 e. The van der Waals surface area contributed by atoms with Gasteiger partial charge in [0, 0.05) is 23.1 Å². The van der Waals surface area contributed by atoms with Gasteiger partial charge < -0.3 is 14.6 Å². The molecule has 0 aliphatic heterocycles. The molecule has 106 valence electrons. The van der Waals surface area contributed by atoms with E-state index in [0.29, 0.717) is 22.9 Å². The van der Waals surface area contributed by atoms with Crippen LogP contribution in [0.1, 0.15) is 37.3 Å². The first-order chi connectivity index (χ1) is 8.92. The van der Waals surface area contributed by atoms with E-state index in [1.54, 1.807) is 20.3 Å². The second-order valence-electron chi connectivity index (χ2n) is 4.53. The molecular formula is C14H19ClO4. The summed E-state index contributed by atoms with van der Waals surface area (Å²) in [5, 5.41) is 9.34. The van der Waals surface area contributed by atoms with Crippen molar-refractivity contribution < 1.29 is 19.4 Å². The summed E-state index contributed by atoms with van der Waals surface area (Å²) >= 11 is 6.24. The van der Waals surface area contributed by atoms with Crippen molar-refractivity contribution in [2.24, 2.45) is 0 Å². The van der Waals surface area contributed by atoms with E-state index in [9.17, 15) is 4.79 Å². The molecule has 5 heteroatoms. The number of ether oxygens (including phenoxy) is 2. The molecule has 1 aromatic rings. The lowest BCUT2D eigenvalue weighted by molar-refractivity contribution is -0.136. The van der Waals surface area contributed by atoms with Crippen LogP contribution in [0.5, 0.6) is 11.5 Å². The summed E-state index contributed by atoms with van der Waals surface area (Å²) < 4.78 is 10.7. The van der Waals surface area contributed by atoms with Gasteiger partial charge in [-0.25, -0.2) is 0 Å². The van der Waals surface area contributed by atoms with Crippen LogP contribution in [0.15, 0.2) is 6.07 Å². The van der Waals surface area contributed by atoms with Gasteiger partial charge in [-0.05, 0) is 17.9 Å². The van der Waals surface area contributed by atoms with E-state index in [2.05, 4.69) is 0 Å². The van der Waals surface area contributed by atoms with E-state index in [-0.39, 0.29) is 12.3 Å². The zero-order chi connectivity index (χ0) is 14.6. The highest BCUT2D eigenvalue weighted by Gasteiger charge is 2.21. The first-order valence-corrected chi connectivity index (χ1v) is 6.45. The van der Waals surface area contributed by atoms with Crippen LogP contribution < -0.4 is 9.47 Å². The maximum Gasteiger partial charge on any atom is 0.303 e. The fraction of sp³-hybridized carbons (Fsp3) is 0.500. The molecule has 0 saturated carbocycles. The lowest BCUT2D eigenvalue weighted by atomic mass is 9.92. The Morgan fingerprint density at radius 2 is 2.00 bits per heavy atom. The SMILES string of the molecule is COc1cc(Cl)c(CCC(=O)O)c(C(C)C)c1OC. The Hall–Kier alpha value is -1.42. The van der Waals surface area contributed by atoms with Crippen LogP contribution in [0, 0.1) is 0 Å². The Kier molecular flexibility index (Phi) is 5.48. The van der Waals surface area contributed by atoms with Gasteiger partial charge >= 0.3 is 5.97 Å². The number of halogens is 1. The molecule has 0 aliphatic carbocycles. The second-order valence-corrected chi connectivity index (χ2v) is 4.94. The molecule has 0 spiro atoms. The van der Waals surface area contributed by atoms with Crippen molar-refractivity contribution in [3.8, 4) is 11.5 Å². The quantitative estimate of drug-likeness (QED) is 0.869. The molecule has 0 heterocycles. The molecule has 0 atom stereocenters. The van der Waals surface area contributed by atoms with E-state index < -0.39 is 5.97 Å². The van der Waals surface area contributed by atoms with E-state index in [0.717, 1.165) is 11.1 Å². The van der Waals surface area contributed by atoms with Crippen molar-refractivity contribution in [3.63, 3.8) is 0 Å². The van der Waals surface area contributed by atoms with E-state index in [1.807, 2.05) is 13.8 Å². The number of rotatable bonds is 6. The number of benzene rings is 1. The summed E-state index contributed by atoms with van der Waals surface area (Å²) in [4.78, 5) is 10.7. The number of carbonyl (C=O) groups is 1. The average Bonchev–Trinajstić information content (AvgIpc) is 2.35. The second kappa shape index (κ2) is 6.66. The summed E-state index contributed by atoms with van der Waals surface area (Å²) in [6.07, 6.45) is 0.414. The highest BCUT2D eigenvalue weighted by atomic mass is 35.5. The largest absolute Gasteiger partial charge is 0.493 e. The maximum absolute atomic E-state index is 10.7. The fourth-order valence-corrected chi connectivity index (χ4v) is 2.42. The molecule has 0 unspecified atom stereocenters. The first kappa shape index (κ1) is 15.6. The molecule has 4 nitrogen and oxygen atoms in total. The Morgan fingerprint density at radius 1 is 1.37 bits per heavy atom. The third-order valence-electron chi connectivity index (χ3n) is 2.93. The van der Waals surface area contributed by atoms with Crippen LogP contribution in [0.3, 0.4) is 0 Å². The number of methoxy groups -OCH3 is 2. The van der Waals surface area contributed by atoms with Gasteiger partial charge in [0.1, 0.15) is 0 Å². The van der Waals surface area contributed by atoms with Gasteiger partial charge in [-0.15, -0.1) is 0 Å². The Labute approximate surface area is 118 Å². The van der Waals surface area contributed by atoms with Crippen molar-refractivity contribution in [2.45, 2.75) is 32.6 Å². The van der Waals surface area contributed by atoms with Gasteiger partial charge in [0.15, 0.2) is 11.5 Å². The molecule has 0 aliphatic rings. The predicted octanol–water partition coefficient (Wildman–Crippen LogP) is 3.50.